The van der Waals surface area contributed by atoms with Crippen LogP contribution in [0.1, 0.15) is 5.56 Å². The summed E-state index contributed by atoms with van der Waals surface area (Å²) in [6.45, 7) is 1.03. The second kappa shape index (κ2) is 8.33. The van der Waals surface area contributed by atoms with E-state index in [1.54, 1.807) is 24.3 Å². The Morgan fingerprint density at radius 3 is 2.40 bits per heavy atom. The van der Waals surface area contributed by atoms with Gasteiger partial charge in [0.15, 0.2) is 0 Å². The smallest absolute Gasteiger partial charge is 0.243 e. The Bertz CT molecular complexity index is 488. The number of aliphatic hydroxyl groups excluding tert-OH is 1. The molecule has 6 nitrogen and oxygen atoms in total. The molecule has 20 heavy (non-hydrogen) atoms. The van der Waals surface area contributed by atoms with Gasteiger partial charge in [-0.05, 0) is 24.7 Å². The van der Waals surface area contributed by atoms with E-state index in [1.165, 1.54) is 11.4 Å². The highest BCUT2D eigenvalue weighted by Crippen LogP contribution is 2.16. The first-order valence-electron chi connectivity index (χ1n) is 6.39. The third-order valence-electron chi connectivity index (χ3n) is 2.84. The van der Waals surface area contributed by atoms with Gasteiger partial charge in [-0.15, -0.1) is 0 Å². The number of nitrogens with zero attached hydrogens (tertiary/aromatic N) is 1. The highest BCUT2D eigenvalue weighted by Gasteiger charge is 2.23. The third-order valence-corrected chi connectivity index (χ3v) is 4.75. The van der Waals surface area contributed by atoms with Crippen LogP contribution >= 0.6 is 0 Å². The van der Waals surface area contributed by atoms with Gasteiger partial charge in [0.25, 0.3) is 0 Å². The van der Waals surface area contributed by atoms with Gasteiger partial charge in [0, 0.05) is 26.7 Å². The standard InChI is InChI=1S/C13H22N2O4S/c1-14-11-12-3-5-13(6-4-12)20(17,18)15(7-9-16)8-10-19-2/h3-6,14,16H,7-11H2,1-2H3. The van der Waals surface area contributed by atoms with Gasteiger partial charge < -0.3 is 15.2 Å². The summed E-state index contributed by atoms with van der Waals surface area (Å²) in [5.74, 6) is 0. The molecule has 0 aliphatic heterocycles. The van der Waals surface area contributed by atoms with E-state index in [0.717, 1.165) is 5.56 Å². The zero-order valence-corrected chi connectivity index (χ0v) is 12.7. The topological polar surface area (TPSA) is 78.9 Å². The molecule has 0 fully saturated rings. The van der Waals surface area contributed by atoms with Crippen LogP contribution in [0.25, 0.3) is 0 Å². The first-order chi connectivity index (χ1) is 9.56. The Balaban J connectivity index is 2.93. The first kappa shape index (κ1) is 17.1. The largest absolute Gasteiger partial charge is 0.395 e. The Kier molecular flexibility index (Phi) is 7.11. The maximum atomic E-state index is 12.4. The molecule has 0 saturated carbocycles. The second-order valence-corrected chi connectivity index (χ2v) is 6.23. The molecule has 0 aliphatic carbocycles. The summed E-state index contributed by atoms with van der Waals surface area (Å²) in [7, 11) is -0.252. The van der Waals surface area contributed by atoms with Crippen molar-refractivity contribution in [1.29, 1.82) is 0 Å². The highest BCUT2D eigenvalue weighted by molar-refractivity contribution is 7.89. The molecule has 2 N–H and O–H groups in total. The van der Waals surface area contributed by atoms with E-state index in [4.69, 9.17) is 9.84 Å². The summed E-state index contributed by atoms with van der Waals surface area (Å²) in [4.78, 5) is 0.224. The van der Waals surface area contributed by atoms with Crippen molar-refractivity contribution in [3.63, 3.8) is 0 Å². The maximum absolute atomic E-state index is 12.4. The lowest BCUT2D eigenvalue weighted by Gasteiger charge is -2.21. The molecule has 0 radical (unpaired) electrons. The Morgan fingerprint density at radius 1 is 1.25 bits per heavy atom. The minimum atomic E-state index is -3.59. The monoisotopic (exact) mass is 302 g/mol. The molecule has 0 atom stereocenters. The number of methoxy groups -OCH3 is 1. The minimum absolute atomic E-state index is 0.0595. The molecule has 0 aliphatic rings. The first-order valence-corrected chi connectivity index (χ1v) is 7.83. The molecule has 114 valence electrons. The van der Waals surface area contributed by atoms with Crippen LogP contribution in [0.15, 0.2) is 29.2 Å². The average molecular weight is 302 g/mol. The lowest BCUT2D eigenvalue weighted by atomic mass is 10.2. The fourth-order valence-corrected chi connectivity index (χ4v) is 3.20. The van der Waals surface area contributed by atoms with E-state index >= 15 is 0 Å². The minimum Gasteiger partial charge on any atom is -0.395 e. The van der Waals surface area contributed by atoms with Crippen molar-refractivity contribution in [3.8, 4) is 0 Å². The van der Waals surface area contributed by atoms with Crippen molar-refractivity contribution in [1.82, 2.24) is 9.62 Å². The van der Waals surface area contributed by atoms with E-state index in [-0.39, 0.29) is 31.2 Å². The van der Waals surface area contributed by atoms with E-state index in [9.17, 15) is 8.42 Å². The molecule has 0 heterocycles. The summed E-state index contributed by atoms with van der Waals surface area (Å²) in [5.41, 5.74) is 1.01. The number of hydrogen-bond donors (Lipinski definition) is 2. The van der Waals surface area contributed by atoms with Crippen LogP contribution < -0.4 is 5.32 Å². The number of rotatable bonds is 9. The molecule has 1 rings (SSSR count). The molecule has 0 amide bonds. The number of sulfonamides is 1. The number of nitrogens with one attached hydrogen (secondary N) is 1. The van der Waals surface area contributed by atoms with Crippen LogP contribution in [0, 0.1) is 0 Å². The van der Waals surface area contributed by atoms with Crippen LogP contribution in [-0.4, -0.2) is 58.3 Å². The van der Waals surface area contributed by atoms with Gasteiger partial charge in [0.05, 0.1) is 18.1 Å². The molecule has 1 aromatic carbocycles. The Hall–Kier alpha value is -0.990. The predicted octanol–water partition coefficient (Wildman–Crippen LogP) is 0.0354. The van der Waals surface area contributed by atoms with Gasteiger partial charge in [-0.1, -0.05) is 12.1 Å². The second-order valence-electron chi connectivity index (χ2n) is 4.29. The molecule has 0 aromatic heterocycles. The van der Waals surface area contributed by atoms with Gasteiger partial charge in [-0.2, -0.15) is 4.31 Å². The lowest BCUT2D eigenvalue weighted by Crippen LogP contribution is -2.36. The fraction of sp³-hybridized carbons (Fsp3) is 0.538. The number of hydrogen-bond acceptors (Lipinski definition) is 5. The molecule has 0 spiro atoms. The molecule has 0 saturated heterocycles. The summed E-state index contributed by atoms with van der Waals surface area (Å²) >= 11 is 0. The van der Waals surface area contributed by atoms with Crippen molar-refractivity contribution in [3.05, 3.63) is 29.8 Å². The van der Waals surface area contributed by atoms with Gasteiger partial charge in [0.1, 0.15) is 0 Å². The molecular weight excluding hydrogens is 280 g/mol. The molecule has 0 unspecified atom stereocenters. The summed E-state index contributed by atoms with van der Waals surface area (Å²) in [6.07, 6.45) is 0. The predicted molar refractivity (Wildman–Crippen MR) is 76.9 cm³/mol. The average Bonchev–Trinajstić information content (AvgIpc) is 2.44. The van der Waals surface area contributed by atoms with E-state index < -0.39 is 10.0 Å². The lowest BCUT2D eigenvalue weighted by molar-refractivity contribution is 0.168. The van der Waals surface area contributed by atoms with E-state index in [1.807, 2.05) is 7.05 Å². The Morgan fingerprint density at radius 2 is 1.90 bits per heavy atom. The van der Waals surface area contributed by atoms with Crippen molar-refractivity contribution in [2.45, 2.75) is 11.4 Å². The molecular formula is C13H22N2O4S. The molecule has 7 heteroatoms. The van der Waals surface area contributed by atoms with Gasteiger partial charge in [0.2, 0.25) is 10.0 Å². The van der Waals surface area contributed by atoms with Crippen molar-refractivity contribution >= 4 is 10.0 Å². The maximum Gasteiger partial charge on any atom is 0.243 e. The number of benzene rings is 1. The Labute approximate surface area is 120 Å². The highest BCUT2D eigenvalue weighted by atomic mass is 32.2. The normalized spacial score (nSPS) is 12.0. The zero-order valence-electron chi connectivity index (χ0n) is 11.9. The molecule has 1 aromatic rings. The molecule has 0 bridgehead atoms. The van der Waals surface area contributed by atoms with E-state index in [0.29, 0.717) is 6.54 Å². The van der Waals surface area contributed by atoms with Crippen LogP contribution in [0.2, 0.25) is 0 Å². The van der Waals surface area contributed by atoms with Gasteiger partial charge in [-0.3, -0.25) is 0 Å². The number of ether oxygens (including phenoxy) is 1. The quantitative estimate of drug-likeness (QED) is 0.673. The van der Waals surface area contributed by atoms with E-state index in [2.05, 4.69) is 5.32 Å². The van der Waals surface area contributed by atoms with Crippen molar-refractivity contribution < 1.29 is 18.3 Å². The van der Waals surface area contributed by atoms with Crippen LogP contribution in [0.4, 0.5) is 0 Å². The van der Waals surface area contributed by atoms with Crippen LogP contribution in [0.3, 0.4) is 0 Å². The zero-order chi connectivity index (χ0) is 15.0. The van der Waals surface area contributed by atoms with Gasteiger partial charge >= 0.3 is 0 Å². The summed E-state index contributed by atoms with van der Waals surface area (Å²) < 4.78 is 31.0. The van der Waals surface area contributed by atoms with Crippen LogP contribution in [0.5, 0.6) is 0 Å². The van der Waals surface area contributed by atoms with Crippen LogP contribution in [-0.2, 0) is 21.3 Å². The summed E-state index contributed by atoms with van der Waals surface area (Å²) in [5, 5.41) is 12.0. The van der Waals surface area contributed by atoms with Crippen molar-refractivity contribution in [2.75, 3.05) is 40.5 Å². The fourth-order valence-electron chi connectivity index (χ4n) is 1.79. The third kappa shape index (κ3) is 4.53. The number of aliphatic hydroxyl groups is 1. The SMILES string of the molecule is CNCc1ccc(S(=O)(=O)N(CCO)CCOC)cc1. The van der Waals surface area contributed by atoms with Crippen molar-refractivity contribution in [2.24, 2.45) is 0 Å². The summed E-state index contributed by atoms with van der Waals surface area (Å²) in [6, 6.07) is 6.71. The van der Waals surface area contributed by atoms with Gasteiger partial charge in [-0.25, -0.2) is 8.42 Å².